The average molecular weight is 298 g/mol. The van der Waals surface area contributed by atoms with Gasteiger partial charge in [-0.15, -0.1) is 0 Å². The fraction of sp³-hybridized carbons (Fsp3) is 0.571. The molecule has 1 fully saturated rings. The average Bonchev–Trinajstić information content (AvgIpc) is 2.39. The van der Waals surface area contributed by atoms with Gasteiger partial charge in [-0.2, -0.15) is 0 Å². The first-order valence-corrected chi connectivity index (χ1v) is 7.27. The van der Waals surface area contributed by atoms with Crippen LogP contribution in [0.3, 0.4) is 0 Å². The summed E-state index contributed by atoms with van der Waals surface area (Å²) in [6.45, 7) is 3.56. The highest BCUT2D eigenvalue weighted by Crippen LogP contribution is 2.26. The molecule has 0 aliphatic carbocycles. The Hall–Kier alpha value is -1.17. The van der Waals surface area contributed by atoms with Crippen molar-refractivity contribution in [3.8, 4) is 0 Å². The molecule has 0 radical (unpaired) electrons. The molecule has 1 aliphatic heterocycles. The number of benzene rings is 1. The van der Waals surface area contributed by atoms with Gasteiger partial charge < -0.3 is 5.32 Å². The number of nitrogens with one attached hydrogen (secondary N) is 1. The fourth-order valence-electron chi connectivity index (χ4n) is 2.85. The van der Waals surface area contributed by atoms with Crippen LogP contribution in [0, 0.1) is 16.0 Å². The van der Waals surface area contributed by atoms with Crippen LogP contribution in [-0.4, -0.2) is 36.5 Å². The molecule has 0 spiro atoms. The number of hydrogen-bond acceptors (Lipinski definition) is 4. The first kappa shape index (κ1) is 15.2. The number of halogens is 1. The standard InChI is InChI=1S/C14H20ClN3O2/c1-16-8-11-3-2-6-17(9-11)10-12-7-13(15)4-5-14(12)18(19)20/h4-5,7,11,16H,2-3,6,8-10H2,1H3. The first-order valence-electron chi connectivity index (χ1n) is 6.90. The number of nitro benzene ring substituents is 1. The van der Waals surface area contributed by atoms with Gasteiger partial charge in [0.2, 0.25) is 0 Å². The van der Waals surface area contributed by atoms with Crippen LogP contribution in [0.15, 0.2) is 18.2 Å². The van der Waals surface area contributed by atoms with Crippen molar-refractivity contribution >= 4 is 17.3 Å². The van der Waals surface area contributed by atoms with Crippen LogP contribution in [0.5, 0.6) is 0 Å². The zero-order chi connectivity index (χ0) is 14.5. The van der Waals surface area contributed by atoms with Crippen molar-refractivity contribution in [2.75, 3.05) is 26.7 Å². The van der Waals surface area contributed by atoms with E-state index in [1.807, 2.05) is 7.05 Å². The van der Waals surface area contributed by atoms with E-state index < -0.39 is 0 Å². The van der Waals surface area contributed by atoms with Crippen LogP contribution in [0.2, 0.25) is 5.02 Å². The summed E-state index contributed by atoms with van der Waals surface area (Å²) in [6.07, 6.45) is 2.36. The van der Waals surface area contributed by atoms with E-state index in [2.05, 4.69) is 10.2 Å². The third kappa shape index (κ3) is 3.91. The molecular weight excluding hydrogens is 278 g/mol. The molecule has 2 rings (SSSR count). The number of hydrogen-bond donors (Lipinski definition) is 1. The van der Waals surface area contributed by atoms with Gasteiger partial charge in [0.25, 0.3) is 5.69 Å². The van der Waals surface area contributed by atoms with Gasteiger partial charge in [-0.1, -0.05) is 11.6 Å². The van der Waals surface area contributed by atoms with Gasteiger partial charge in [-0.25, -0.2) is 0 Å². The quantitative estimate of drug-likeness (QED) is 0.670. The molecule has 1 N–H and O–H groups in total. The third-order valence-corrected chi connectivity index (χ3v) is 3.96. The second kappa shape index (κ2) is 7.02. The van der Waals surface area contributed by atoms with E-state index in [0.717, 1.165) is 26.1 Å². The maximum Gasteiger partial charge on any atom is 0.273 e. The second-order valence-corrected chi connectivity index (χ2v) is 5.77. The number of rotatable bonds is 5. The van der Waals surface area contributed by atoms with E-state index in [1.165, 1.54) is 12.5 Å². The van der Waals surface area contributed by atoms with Crippen molar-refractivity contribution in [3.05, 3.63) is 38.9 Å². The molecule has 1 aromatic carbocycles. The summed E-state index contributed by atoms with van der Waals surface area (Å²) in [5.41, 5.74) is 0.859. The summed E-state index contributed by atoms with van der Waals surface area (Å²) in [5.74, 6) is 0.618. The van der Waals surface area contributed by atoms with E-state index in [4.69, 9.17) is 11.6 Å². The fourth-order valence-corrected chi connectivity index (χ4v) is 3.04. The van der Waals surface area contributed by atoms with E-state index in [9.17, 15) is 10.1 Å². The summed E-state index contributed by atoms with van der Waals surface area (Å²) in [6, 6.07) is 4.78. The van der Waals surface area contributed by atoms with Gasteiger partial charge >= 0.3 is 0 Å². The minimum absolute atomic E-state index is 0.158. The Kier molecular flexibility index (Phi) is 5.34. The van der Waals surface area contributed by atoms with Crippen molar-refractivity contribution in [2.45, 2.75) is 19.4 Å². The van der Waals surface area contributed by atoms with Crippen molar-refractivity contribution in [1.82, 2.24) is 10.2 Å². The summed E-state index contributed by atoms with van der Waals surface area (Å²) >= 11 is 5.97. The molecule has 1 atom stereocenters. The molecule has 0 aromatic heterocycles. The zero-order valence-corrected chi connectivity index (χ0v) is 12.4. The van der Waals surface area contributed by atoms with Crippen LogP contribution in [0.25, 0.3) is 0 Å². The van der Waals surface area contributed by atoms with Crippen LogP contribution < -0.4 is 5.32 Å². The number of likely N-dealkylation sites (tertiary alicyclic amines) is 1. The van der Waals surface area contributed by atoms with Crippen molar-refractivity contribution < 1.29 is 4.92 Å². The molecule has 6 heteroatoms. The molecule has 110 valence electrons. The molecule has 0 saturated carbocycles. The molecule has 1 saturated heterocycles. The van der Waals surface area contributed by atoms with E-state index in [1.54, 1.807) is 12.1 Å². The summed E-state index contributed by atoms with van der Waals surface area (Å²) in [7, 11) is 1.96. The van der Waals surface area contributed by atoms with Crippen molar-refractivity contribution in [2.24, 2.45) is 5.92 Å². The van der Waals surface area contributed by atoms with Gasteiger partial charge in [-0.05, 0) is 51.0 Å². The Labute approximate surface area is 124 Å². The number of piperidine rings is 1. The molecule has 1 aliphatic rings. The van der Waals surface area contributed by atoms with Crippen molar-refractivity contribution in [1.29, 1.82) is 0 Å². The largest absolute Gasteiger partial charge is 0.319 e. The maximum absolute atomic E-state index is 11.1. The van der Waals surface area contributed by atoms with Gasteiger partial charge in [0, 0.05) is 29.7 Å². The summed E-state index contributed by atoms with van der Waals surface area (Å²) < 4.78 is 0. The van der Waals surface area contributed by atoms with Gasteiger partial charge in [0.1, 0.15) is 0 Å². The molecule has 1 aromatic rings. The molecular formula is C14H20ClN3O2. The Bertz CT molecular complexity index is 479. The molecule has 1 heterocycles. The van der Waals surface area contributed by atoms with Gasteiger partial charge in [0.15, 0.2) is 0 Å². The number of nitro groups is 1. The normalized spacial score (nSPS) is 20.0. The molecule has 20 heavy (non-hydrogen) atoms. The number of nitrogens with zero attached hydrogens (tertiary/aromatic N) is 2. The van der Waals surface area contributed by atoms with E-state index in [-0.39, 0.29) is 10.6 Å². The molecule has 0 bridgehead atoms. The lowest BCUT2D eigenvalue weighted by Crippen LogP contribution is -2.38. The van der Waals surface area contributed by atoms with E-state index >= 15 is 0 Å². The van der Waals surface area contributed by atoms with Gasteiger partial charge in [-0.3, -0.25) is 15.0 Å². The minimum atomic E-state index is -0.333. The monoisotopic (exact) mass is 297 g/mol. The predicted molar refractivity (Wildman–Crippen MR) is 80.0 cm³/mol. The Morgan fingerprint density at radius 2 is 2.35 bits per heavy atom. The molecule has 1 unspecified atom stereocenters. The van der Waals surface area contributed by atoms with Gasteiger partial charge in [0.05, 0.1) is 4.92 Å². The van der Waals surface area contributed by atoms with E-state index in [0.29, 0.717) is 23.0 Å². The van der Waals surface area contributed by atoms with Crippen LogP contribution >= 0.6 is 11.6 Å². The third-order valence-electron chi connectivity index (χ3n) is 3.73. The molecule has 0 amide bonds. The topological polar surface area (TPSA) is 58.4 Å². The smallest absolute Gasteiger partial charge is 0.273 e. The zero-order valence-electron chi connectivity index (χ0n) is 11.6. The van der Waals surface area contributed by atoms with Crippen LogP contribution in [0.1, 0.15) is 18.4 Å². The lowest BCUT2D eigenvalue weighted by atomic mass is 9.97. The highest BCUT2D eigenvalue weighted by atomic mass is 35.5. The van der Waals surface area contributed by atoms with Crippen LogP contribution in [-0.2, 0) is 6.54 Å². The minimum Gasteiger partial charge on any atom is -0.319 e. The lowest BCUT2D eigenvalue weighted by Gasteiger charge is -2.32. The molecule has 5 nitrogen and oxygen atoms in total. The van der Waals surface area contributed by atoms with Crippen LogP contribution in [0.4, 0.5) is 5.69 Å². The summed E-state index contributed by atoms with van der Waals surface area (Å²) in [5, 5.41) is 14.8. The Morgan fingerprint density at radius 3 is 3.05 bits per heavy atom. The predicted octanol–water partition coefficient (Wildman–Crippen LogP) is 2.68. The lowest BCUT2D eigenvalue weighted by molar-refractivity contribution is -0.385. The Balaban J connectivity index is 2.09. The SMILES string of the molecule is CNCC1CCCN(Cc2cc(Cl)ccc2[N+](=O)[O-])C1. The first-order chi connectivity index (χ1) is 9.60. The highest BCUT2D eigenvalue weighted by molar-refractivity contribution is 6.30. The highest BCUT2D eigenvalue weighted by Gasteiger charge is 2.22. The summed E-state index contributed by atoms with van der Waals surface area (Å²) in [4.78, 5) is 13.0. The maximum atomic E-state index is 11.1. The second-order valence-electron chi connectivity index (χ2n) is 5.33. The van der Waals surface area contributed by atoms with Crippen molar-refractivity contribution in [3.63, 3.8) is 0 Å². The Morgan fingerprint density at radius 1 is 1.55 bits per heavy atom.